The topological polar surface area (TPSA) is 0 Å². The van der Waals surface area contributed by atoms with Crippen LogP contribution in [0.15, 0.2) is 33.3 Å². The molecule has 0 N–H and O–H groups in total. The second-order valence-corrected chi connectivity index (χ2v) is 3.98. The van der Waals surface area contributed by atoms with E-state index in [1.807, 2.05) is 0 Å². The first-order chi connectivity index (χ1) is 4.72. The van der Waals surface area contributed by atoms with E-state index < -0.39 is 0 Å². The van der Waals surface area contributed by atoms with E-state index in [9.17, 15) is 0 Å². The van der Waals surface area contributed by atoms with Crippen molar-refractivity contribution >= 4 is 31.9 Å². The van der Waals surface area contributed by atoms with Crippen LogP contribution in [0.4, 0.5) is 0 Å². The van der Waals surface area contributed by atoms with Crippen molar-refractivity contribution in [3.05, 3.63) is 33.3 Å². The van der Waals surface area contributed by atoms with E-state index in [2.05, 4.69) is 50.6 Å². The highest BCUT2D eigenvalue weighted by Gasteiger charge is 2.06. The van der Waals surface area contributed by atoms with Crippen molar-refractivity contribution in [2.75, 3.05) is 0 Å². The molecule has 0 spiro atoms. The minimum absolute atomic E-state index is 0.990. The summed E-state index contributed by atoms with van der Waals surface area (Å²) in [6.45, 7) is 3.82. The Labute approximate surface area is 78.0 Å². The molecule has 0 nitrogen and oxygen atoms in total. The molecule has 0 saturated heterocycles. The van der Waals surface area contributed by atoms with Gasteiger partial charge in [0.2, 0.25) is 0 Å². The zero-order chi connectivity index (χ0) is 7.56. The number of hydrogen-bond donors (Lipinski definition) is 0. The standard InChI is InChI=1S/C8H8Br2/c1-6(9)7-4-2-3-5-8(7)10/h3,5H,1-2,4H2. The van der Waals surface area contributed by atoms with Crippen LogP contribution in [0.3, 0.4) is 0 Å². The molecule has 0 aromatic heterocycles. The van der Waals surface area contributed by atoms with Crippen LogP contribution < -0.4 is 0 Å². The molecule has 1 aliphatic rings. The van der Waals surface area contributed by atoms with Crippen LogP contribution in [0.5, 0.6) is 0 Å². The normalized spacial score (nSPS) is 17.8. The SMILES string of the molecule is C=C(Br)C1=C(Br)C=CCC1. The van der Waals surface area contributed by atoms with Crippen molar-refractivity contribution in [2.45, 2.75) is 12.8 Å². The molecule has 0 bridgehead atoms. The highest BCUT2D eigenvalue weighted by atomic mass is 79.9. The van der Waals surface area contributed by atoms with Crippen LogP contribution in [0.25, 0.3) is 0 Å². The molecule has 0 radical (unpaired) electrons. The molecule has 0 saturated carbocycles. The van der Waals surface area contributed by atoms with E-state index in [1.165, 1.54) is 5.57 Å². The molecule has 1 rings (SSSR count). The highest BCUT2D eigenvalue weighted by molar-refractivity contribution is 9.12. The first kappa shape index (κ1) is 8.28. The van der Waals surface area contributed by atoms with Gasteiger partial charge in [0.25, 0.3) is 0 Å². The molecule has 0 aromatic carbocycles. The third kappa shape index (κ3) is 1.83. The summed E-state index contributed by atoms with van der Waals surface area (Å²) in [7, 11) is 0. The minimum Gasteiger partial charge on any atom is -0.0844 e. The molecule has 0 heterocycles. The second kappa shape index (κ2) is 3.54. The summed E-state index contributed by atoms with van der Waals surface area (Å²) in [6.07, 6.45) is 6.44. The van der Waals surface area contributed by atoms with Gasteiger partial charge in [-0.1, -0.05) is 50.6 Å². The van der Waals surface area contributed by atoms with Crippen molar-refractivity contribution < 1.29 is 0 Å². The summed E-state index contributed by atoms with van der Waals surface area (Å²) in [5, 5.41) is 0. The highest BCUT2D eigenvalue weighted by Crippen LogP contribution is 2.30. The maximum absolute atomic E-state index is 3.82. The second-order valence-electron chi connectivity index (χ2n) is 2.17. The summed E-state index contributed by atoms with van der Waals surface area (Å²) >= 11 is 6.82. The Morgan fingerprint density at radius 1 is 1.60 bits per heavy atom. The average molecular weight is 264 g/mol. The van der Waals surface area contributed by atoms with E-state index in [4.69, 9.17) is 0 Å². The lowest BCUT2D eigenvalue weighted by Crippen LogP contribution is -1.88. The summed E-state index contributed by atoms with van der Waals surface area (Å²) in [5.74, 6) is 0. The monoisotopic (exact) mass is 262 g/mol. The Bertz CT molecular complexity index is 211. The van der Waals surface area contributed by atoms with Gasteiger partial charge in [-0.05, 0) is 18.4 Å². The van der Waals surface area contributed by atoms with Gasteiger partial charge in [-0.25, -0.2) is 0 Å². The molecule has 54 valence electrons. The molecule has 0 unspecified atom stereocenters. The quantitative estimate of drug-likeness (QED) is 0.673. The summed E-state index contributed by atoms with van der Waals surface area (Å²) in [5.41, 5.74) is 1.28. The Morgan fingerprint density at radius 2 is 2.30 bits per heavy atom. The Kier molecular flexibility index (Phi) is 2.93. The molecular weight excluding hydrogens is 256 g/mol. The van der Waals surface area contributed by atoms with Crippen LogP contribution in [0.1, 0.15) is 12.8 Å². The molecule has 1 aliphatic carbocycles. The molecule has 0 aromatic rings. The molecule has 0 atom stereocenters. The fraction of sp³-hybridized carbons (Fsp3) is 0.250. The van der Waals surface area contributed by atoms with Crippen LogP contribution in [0.2, 0.25) is 0 Å². The maximum atomic E-state index is 3.82. The van der Waals surface area contributed by atoms with Gasteiger partial charge in [0.15, 0.2) is 0 Å². The number of allylic oxidation sites excluding steroid dienone is 5. The number of rotatable bonds is 1. The lowest BCUT2D eigenvalue weighted by molar-refractivity contribution is 0.986. The van der Waals surface area contributed by atoms with Crippen molar-refractivity contribution in [2.24, 2.45) is 0 Å². The average Bonchev–Trinajstić information content (AvgIpc) is 1.88. The van der Waals surface area contributed by atoms with E-state index in [-0.39, 0.29) is 0 Å². The number of halogens is 2. The third-order valence-corrected chi connectivity index (χ3v) is 2.66. The Morgan fingerprint density at radius 3 is 2.70 bits per heavy atom. The summed E-state index contributed by atoms with van der Waals surface area (Å²) in [6, 6.07) is 0. The van der Waals surface area contributed by atoms with Gasteiger partial charge in [-0.3, -0.25) is 0 Å². The Balaban J connectivity index is 2.89. The van der Waals surface area contributed by atoms with E-state index in [0.29, 0.717) is 0 Å². The lowest BCUT2D eigenvalue weighted by Gasteiger charge is -2.09. The minimum atomic E-state index is 0.990. The van der Waals surface area contributed by atoms with Gasteiger partial charge in [0, 0.05) is 8.96 Å². The largest absolute Gasteiger partial charge is 0.0844 e. The van der Waals surface area contributed by atoms with Gasteiger partial charge >= 0.3 is 0 Å². The van der Waals surface area contributed by atoms with Gasteiger partial charge in [-0.15, -0.1) is 0 Å². The smallest absolute Gasteiger partial charge is 0.0215 e. The van der Waals surface area contributed by atoms with E-state index >= 15 is 0 Å². The van der Waals surface area contributed by atoms with Crippen molar-refractivity contribution in [1.29, 1.82) is 0 Å². The maximum Gasteiger partial charge on any atom is 0.0215 e. The lowest BCUT2D eigenvalue weighted by atomic mass is 10.1. The number of hydrogen-bond acceptors (Lipinski definition) is 0. The fourth-order valence-electron chi connectivity index (χ4n) is 0.900. The van der Waals surface area contributed by atoms with Gasteiger partial charge < -0.3 is 0 Å². The van der Waals surface area contributed by atoms with Gasteiger partial charge in [0.1, 0.15) is 0 Å². The van der Waals surface area contributed by atoms with Crippen LogP contribution in [-0.4, -0.2) is 0 Å². The first-order valence-corrected chi connectivity index (χ1v) is 4.70. The fourth-order valence-corrected chi connectivity index (χ4v) is 2.20. The van der Waals surface area contributed by atoms with Crippen LogP contribution >= 0.6 is 31.9 Å². The molecule has 10 heavy (non-hydrogen) atoms. The zero-order valence-corrected chi connectivity index (χ0v) is 8.70. The molecule has 0 amide bonds. The predicted octanol–water partition coefficient (Wildman–Crippen LogP) is 3.89. The third-order valence-electron chi connectivity index (χ3n) is 1.44. The molecular formula is C8H8Br2. The van der Waals surface area contributed by atoms with Crippen LogP contribution in [0, 0.1) is 0 Å². The summed E-state index contributed by atoms with van der Waals surface area (Å²) in [4.78, 5) is 0. The van der Waals surface area contributed by atoms with Gasteiger partial charge in [-0.2, -0.15) is 0 Å². The van der Waals surface area contributed by atoms with Gasteiger partial charge in [0.05, 0.1) is 0 Å². The molecule has 0 aliphatic heterocycles. The summed E-state index contributed by atoms with van der Waals surface area (Å²) < 4.78 is 2.14. The Hall–Kier alpha value is 0.180. The van der Waals surface area contributed by atoms with Crippen LogP contribution in [-0.2, 0) is 0 Å². The zero-order valence-electron chi connectivity index (χ0n) is 5.53. The first-order valence-electron chi connectivity index (χ1n) is 3.12. The van der Waals surface area contributed by atoms with Crippen molar-refractivity contribution in [3.63, 3.8) is 0 Å². The predicted molar refractivity (Wildman–Crippen MR) is 52.4 cm³/mol. The van der Waals surface area contributed by atoms with Crippen molar-refractivity contribution in [1.82, 2.24) is 0 Å². The molecule has 0 fully saturated rings. The molecule has 2 heteroatoms. The van der Waals surface area contributed by atoms with E-state index in [1.54, 1.807) is 0 Å². The van der Waals surface area contributed by atoms with E-state index in [0.717, 1.165) is 21.8 Å². The van der Waals surface area contributed by atoms with Crippen molar-refractivity contribution in [3.8, 4) is 0 Å².